The minimum Gasteiger partial charge on any atom is -0.495 e. The number of fused-ring (bicyclic) bond motifs is 1. The van der Waals surface area contributed by atoms with E-state index in [1.807, 2.05) is 37.3 Å². The Bertz CT molecular complexity index is 1360. The van der Waals surface area contributed by atoms with Gasteiger partial charge in [0.25, 0.3) is 5.91 Å². The zero-order valence-electron chi connectivity index (χ0n) is 19.9. The third kappa shape index (κ3) is 5.11. The molecule has 1 aliphatic heterocycles. The van der Waals surface area contributed by atoms with Crippen LogP contribution < -0.4 is 14.8 Å². The maximum atomic E-state index is 14.1. The number of halogens is 3. The summed E-state index contributed by atoms with van der Waals surface area (Å²) >= 11 is 0. The van der Waals surface area contributed by atoms with E-state index in [2.05, 4.69) is 10.3 Å². The van der Waals surface area contributed by atoms with Gasteiger partial charge in [-0.1, -0.05) is 24.3 Å². The highest BCUT2D eigenvalue weighted by Gasteiger charge is 2.31. The van der Waals surface area contributed by atoms with Gasteiger partial charge in [0.15, 0.2) is 0 Å². The number of aromatic nitrogens is 2. The average Bonchev–Trinajstić information content (AvgIpc) is 3.19. The number of rotatable bonds is 5. The van der Waals surface area contributed by atoms with Gasteiger partial charge in [-0.2, -0.15) is 0 Å². The first kappa shape index (κ1) is 27.3. The molecule has 1 aliphatic rings. The van der Waals surface area contributed by atoms with Gasteiger partial charge in [0.2, 0.25) is 5.88 Å². The van der Waals surface area contributed by atoms with Crippen molar-refractivity contribution >= 4 is 41.8 Å². The van der Waals surface area contributed by atoms with E-state index in [0.29, 0.717) is 60.2 Å². The molecule has 0 atom stereocenters. The number of carbonyl (C=O) groups excluding carboxylic acids is 1. The molecular weight excluding hydrogens is 506 g/mol. The third-order valence-electron chi connectivity index (χ3n) is 5.96. The Labute approximate surface area is 221 Å². The van der Waals surface area contributed by atoms with Crippen LogP contribution in [0.3, 0.4) is 0 Å². The second kappa shape index (κ2) is 11.6. The van der Waals surface area contributed by atoms with Crippen molar-refractivity contribution in [3.05, 3.63) is 77.7 Å². The molecule has 3 heterocycles. The van der Waals surface area contributed by atoms with E-state index in [0.717, 1.165) is 11.3 Å². The lowest BCUT2D eigenvalue weighted by Crippen LogP contribution is -2.46. The highest BCUT2D eigenvalue weighted by Crippen LogP contribution is 2.39. The Morgan fingerprint density at radius 3 is 2.47 bits per heavy atom. The molecule has 1 amide bonds. The van der Waals surface area contributed by atoms with Gasteiger partial charge in [0, 0.05) is 37.6 Å². The lowest BCUT2D eigenvalue weighted by atomic mass is 10.1. The fraction of sp³-hybridized carbons (Fsp3) is 0.231. The molecule has 0 unspecified atom stereocenters. The normalized spacial score (nSPS) is 13.0. The van der Waals surface area contributed by atoms with E-state index in [4.69, 9.17) is 9.47 Å². The van der Waals surface area contributed by atoms with Crippen molar-refractivity contribution in [2.24, 2.45) is 0 Å². The Morgan fingerprint density at radius 1 is 1.06 bits per heavy atom. The molecule has 0 spiro atoms. The van der Waals surface area contributed by atoms with Crippen molar-refractivity contribution in [3.8, 4) is 23.1 Å². The zero-order valence-corrected chi connectivity index (χ0v) is 21.5. The second-order valence-corrected chi connectivity index (χ2v) is 8.15. The van der Waals surface area contributed by atoms with Gasteiger partial charge in [-0.25, -0.2) is 9.37 Å². The summed E-state index contributed by atoms with van der Waals surface area (Å²) in [6, 6.07) is 15.7. The summed E-state index contributed by atoms with van der Waals surface area (Å²) in [6.45, 7) is 4.41. The molecule has 1 fully saturated rings. The predicted octanol–water partition coefficient (Wildman–Crippen LogP) is 5.16. The van der Waals surface area contributed by atoms with Gasteiger partial charge in [-0.3, -0.25) is 9.36 Å². The number of aryl methyl sites for hydroxylation is 1. The average molecular weight is 533 g/mol. The number of nitrogens with zero attached hydrogens (tertiary/aromatic N) is 3. The van der Waals surface area contributed by atoms with Crippen molar-refractivity contribution in [2.75, 3.05) is 33.3 Å². The van der Waals surface area contributed by atoms with Crippen LogP contribution in [0.4, 0.5) is 4.39 Å². The molecule has 0 saturated carbocycles. The molecule has 2 aromatic heterocycles. The van der Waals surface area contributed by atoms with Gasteiger partial charge in [-0.05, 0) is 36.8 Å². The number of hydrogen-bond acceptors (Lipinski definition) is 5. The molecule has 5 rings (SSSR count). The van der Waals surface area contributed by atoms with Crippen LogP contribution in [0.25, 0.3) is 16.7 Å². The van der Waals surface area contributed by atoms with Crippen molar-refractivity contribution in [3.63, 3.8) is 0 Å². The zero-order chi connectivity index (χ0) is 23.7. The van der Waals surface area contributed by atoms with Gasteiger partial charge < -0.3 is 19.7 Å². The van der Waals surface area contributed by atoms with Crippen LogP contribution in [0, 0.1) is 12.7 Å². The number of para-hydroxylation sites is 1. The fourth-order valence-electron chi connectivity index (χ4n) is 4.17. The first-order valence-electron chi connectivity index (χ1n) is 11.1. The number of carbonyl (C=O) groups is 1. The number of amides is 1. The smallest absolute Gasteiger partial charge is 0.260 e. The number of hydrogen-bond donors (Lipinski definition) is 1. The standard InChI is InChI=1S/C26H25FN4O3.2ClH/c1-17-8-9-18(27)14-22(17)34-26-23(25(32)30-12-10-28-11-13-30)21-15-20(33-2)16-29-24(21)31(26)19-6-4-3-5-7-19;;/h3-9,14-16,28H,10-13H2,1-2H3;2*1H. The maximum Gasteiger partial charge on any atom is 0.260 e. The van der Waals surface area contributed by atoms with Gasteiger partial charge >= 0.3 is 0 Å². The van der Waals surface area contributed by atoms with E-state index in [1.54, 1.807) is 34.9 Å². The van der Waals surface area contributed by atoms with Crippen LogP contribution in [0.5, 0.6) is 17.4 Å². The van der Waals surface area contributed by atoms with E-state index in [-0.39, 0.29) is 30.7 Å². The molecule has 2 aromatic carbocycles. The Hall–Kier alpha value is -3.33. The van der Waals surface area contributed by atoms with Gasteiger partial charge in [0.1, 0.15) is 28.5 Å². The Morgan fingerprint density at radius 2 is 1.78 bits per heavy atom. The Kier molecular flexibility index (Phi) is 8.79. The number of ether oxygens (including phenoxy) is 2. The minimum absolute atomic E-state index is 0. The van der Waals surface area contributed by atoms with Crippen molar-refractivity contribution in [1.29, 1.82) is 0 Å². The van der Waals surface area contributed by atoms with Crippen LogP contribution >= 0.6 is 24.8 Å². The summed E-state index contributed by atoms with van der Waals surface area (Å²) < 4.78 is 27.7. The molecule has 36 heavy (non-hydrogen) atoms. The summed E-state index contributed by atoms with van der Waals surface area (Å²) in [7, 11) is 1.56. The van der Waals surface area contributed by atoms with E-state index >= 15 is 0 Å². The van der Waals surface area contributed by atoms with Gasteiger partial charge in [-0.15, -0.1) is 24.8 Å². The predicted molar refractivity (Wildman–Crippen MR) is 142 cm³/mol. The molecule has 7 nitrogen and oxygen atoms in total. The molecule has 190 valence electrons. The monoisotopic (exact) mass is 532 g/mol. The number of nitrogens with one attached hydrogen (secondary N) is 1. The lowest BCUT2D eigenvalue weighted by Gasteiger charge is -2.27. The molecule has 0 radical (unpaired) electrons. The molecule has 10 heteroatoms. The maximum absolute atomic E-state index is 14.1. The molecule has 0 aliphatic carbocycles. The molecule has 4 aromatic rings. The van der Waals surface area contributed by atoms with Gasteiger partial charge in [0.05, 0.1) is 19.0 Å². The highest BCUT2D eigenvalue weighted by atomic mass is 35.5. The topological polar surface area (TPSA) is 68.6 Å². The van der Waals surface area contributed by atoms with Crippen LogP contribution in [-0.4, -0.2) is 53.6 Å². The van der Waals surface area contributed by atoms with E-state index < -0.39 is 5.82 Å². The Balaban J connectivity index is 0.00000180. The third-order valence-corrected chi connectivity index (χ3v) is 5.96. The number of benzene rings is 2. The summed E-state index contributed by atoms with van der Waals surface area (Å²) in [5.74, 6) is 0.569. The summed E-state index contributed by atoms with van der Waals surface area (Å²) in [6.07, 6.45) is 1.61. The summed E-state index contributed by atoms with van der Waals surface area (Å²) in [5.41, 5.74) is 2.44. The highest BCUT2D eigenvalue weighted by molar-refractivity contribution is 6.10. The lowest BCUT2D eigenvalue weighted by molar-refractivity contribution is 0.0735. The van der Waals surface area contributed by atoms with Crippen LogP contribution in [0.15, 0.2) is 60.8 Å². The van der Waals surface area contributed by atoms with Crippen molar-refractivity contribution < 1.29 is 18.7 Å². The number of methoxy groups -OCH3 is 1. The van der Waals surface area contributed by atoms with Crippen molar-refractivity contribution in [1.82, 2.24) is 19.8 Å². The van der Waals surface area contributed by atoms with Crippen LogP contribution in [0.2, 0.25) is 0 Å². The summed E-state index contributed by atoms with van der Waals surface area (Å²) in [4.78, 5) is 20.3. The molecule has 1 saturated heterocycles. The van der Waals surface area contributed by atoms with Crippen LogP contribution in [-0.2, 0) is 0 Å². The SMILES string of the molecule is COc1cnc2c(c1)c(C(=O)N1CCNCC1)c(Oc1cc(F)ccc1C)n2-c1ccccc1.Cl.Cl. The first-order valence-corrected chi connectivity index (χ1v) is 11.1. The fourth-order valence-corrected chi connectivity index (χ4v) is 4.17. The quantitative estimate of drug-likeness (QED) is 0.384. The molecule has 1 N–H and O–H groups in total. The number of piperazine rings is 1. The van der Waals surface area contributed by atoms with E-state index in [1.165, 1.54) is 12.1 Å². The minimum atomic E-state index is -0.419. The molecule has 0 bridgehead atoms. The van der Waals surface area contributed by atoms with Crippen molar-refractivity contribution in [2.45, 2.75) is 6.92 Å². The van der Waals surface area contributed by atoms with Crippen LogP contribution in [0.1, 0.15) is 15.9 Å². The molecular formula is C26H27Cl2FN4O3. The summed E-state index contributed by atoms with van der Waals surface area (Å²) in [5, 5.41) is 3.88. The second-order valence-electron chi connectivity index (χ2n) is 8.15. The first-order chi connectivity index (χ1) is 16.6. The van der Waals surface area contributed by atoms with E-state index in [9.17, 15) is 9.18 Å². The largest absolute Gasteiger partial charge is 0.495 e. The number of pyridine rings is 1.